The topological polar surface area (TPSA) is 119 Å². The summed E-state index contributed by atoms with van der Waals surface area (Å²) in [5.74, 6) is -1.26. The molecule has 1 saturated heterocycles. The van der Waals surface area contributed by atoms with Crippen LogP contribution in [0.1, 0.15) is 24.8 Å². The lowest BCUT2D eigenvalue weighted by Crippen LogP contribution is -2.46. The van der Waals surface area contributed by atoms with Gasteiger partial charge in [-0.2, -0.15) is 18.2 Å². The minimum atomic E-state index is -4.73. The Balaban J connectivity index is 1.85. The number of carbonyl (C=O) groups is 2. The molecule has 1 aliphatic heterocycles. The van der Waals surface area contributed by atoms with E-state index in [1.807, 2.05) is 0 Å². The van der Waals surface area contributed by atoms with Gasteiger partial charge in [0, 0.05) is 37.6 Å². The van der Waals surface area contributed by atoms with Crippen LogP contribution in [0.25, 0.3) is 0 Å². The van der Waals surface area contributed by atoms with Crippen molar-refractivity contribution in [2.75, 3.05) is 41.5 Å². The fourth-order valence-corrected chi connectivity index (χ4v) is 3.66. The summed E-state index contributed by atoms with van der Waals surface area (Å²) in [5, 5.41) is 17.3. The summed E-state index contributed by atoms with van der Waals surface area (Å²) < 4.78 is 40.9. The molecule has 9 nitrogen and oxygen atoms in total. The Kier molecular flexibility index (Phi) is 8.51. The molecule has 1 aliphatic rings. The first-order valence-corrected chi connectivity index (χ1v) is 11.1. The molecule has 1 fully saturated rings. The Morgan fingerprint density at radius 3 is 2.65 bits per heavy atom. The molecule has 0 unspecified atom stereocenters. The zero-order valence-electron chi connectivity index (χ0n) is 18.0. The van der Waals surface area contributed by atoms with E-state index in [9.17, 15) is 22.8 Å². The van der Waals surface area contributed by atoms with Crippen molar-refractivity contribution in [3.8, 4) is 0 Å². The number of aliphatic hydroxyl groups is 1. The van der Waals surface area contributed by atoms with Gasteiger partial charge in [0.05, 0.1) is 11.4 Å². The molecule has 2 heterocycles. The van der Waals surface area contributed by atoms with Gasteiger partial charge in [-0.25, -0.2) is 4.98 Å². The van der Waals surface area contributed by atoms with E-state index >= 15 is 0 Å². The number of hydrogen-bond donors (Lipinski definition) is 4. The number of amides is 2. The summed E-state index contributed by atoms with van der Waals surface area (Å²) in [4.78, 5) is 33.0. The lowest BCUT2D eigenvalue weighted by Gasteiger charge is -2.32. The third-order valence-electron chi connectivity index (χ3n) is 5.11. The maximum atomic E-state index is 13.6. The average Bonchev–Trinajstić information content (AvgIpc) is 2.79. The molecule has 1 atom stereocenters. The molecule has 4 N–H and O–H groups in total. The first kappa shape index (κ1) is 25.5. The highest BCUT2D eigenvalue weighted by Gasteiger charge is 2.36. The Bertz CT molecular complexity index is 1020. The van der Waals surface area contributed by atoms with E-state index in [4.69, 9.17) is 16.7 Å². The SMILES string of the molecule is O=C(CCCl)Nc1ccccc1Nc1nc(N[C@H]2CCCN(C(=O)CO)C2)ncc1C(F)(F)F. The molecule has 0 saturated carbocycles. The third kappa shape index (κ3) is 6.70. The Morgan fingerprint density at radius 1 is 1.24 bits per heavy atom. The zero-order valence-corrected chi connectivity index (χ0v) is 18.8. The highest BCUT2D eigenvalue weighted by molar-refractivity contribution is 6.19. The van der Waals surface area contributed by atoms with Crippen LogP contribution in [0.3, 0.4) is 0 Å². The van der Waals surface area contributed by atoms with Gasteiger partial charge in [0.25, 0.3) is 0 Å². The van der Waals surface area contributed by atoms with E-state index in [0.717, 1.165) is 0 Å². The van der Waals surface area contributed by atoms with Gasteiger partial charge in [-0.05, 0) is 25.0 Å². The van der Waals surface area contributed by atoms with Crippen LogP contribution in [-0.4, -0.2) is 63.4 Å². The number of benzene rings is 1. The normalized spacial score (nSPS) is 16.1. The van der Waals surface area contributed by atoms with Gasteiger partial charge in [0.2, 0.25) is 17.8 Å². The number of carbonyl (C=O) groups excluding carboxylic acids is 2. The Morgan fingerprint density at radius 2 is 1.97 bits per heavy atom. The van der Waals surface area contributed by atoms with Crippen molar-refractivity contribution in [3.63, 3.8) is 0 Å². The second kappa shape index (κ2) is 11.3. The molecule has 2 amide bonds. The molecule has 0 bridgehead atoms. The largest absolute Gasteiger partial charge is 0.421 e. The number of nitrogens with one attached hydrogen (secondary N) is 3. The van der Waals surface area contributed by atoms with Gasteiger partial charge < -0.3 is 26.0 Å². The second-order valence-corrected chi connectivity index (χ2v) is 7.97. The van der Waals surface area contributed by atoms with Crippen molar-refractivity contribution in [1.82, 2.24) is 14.9 Å². The predicted molar refractivity (Wildman–Crippen MR) is 121 cm³/mol. The van der Waals surface area contributed by atoms with E-state index in [1.165, 1.54) is 17.0 Å². The summed E-state index contributed by atoms with van der Waals surface area (Å²) in [6.07, 6.45) is -2.70. The van der Waals surface area contributed by atoms with Crippen LogP contribution < -0.4 is 16.0 Å². The van der Waals surface area contributed by atoms with E-state index in [0.29, 0.717) is 25.6 Å². The maximum Gasteiger partial charge on any atom is 0.421 e. The first-order valence-electron chi connectivity index (χ1n) is 10.5. The number of aromatic nitrogens is 2. The number of anilines is 4. The summed E-state index contributed by atoms with van der Waals surface area (Å²) in [7, 11) is 0. The van der Waals surface area contributed by atoms with Gasteiger partial charge in [0.15, 0.2) is 0 Å². The number of para-hydroxylation sites is 2. The van der Waals surface area contributed by atoms with Crippen molar-refractivity contribution in [2.45, 2.75) is 31.5 Å². The fraction of sp³-hybridized carbons (Fsp3) is 0.429. The highest BCUT2D eigenvalue weighted by atomic mass is 35.5. The molecule has 1 aromatic carbocycles. The standard InChI is InChI=1S/C21H24ClF3N6O3/c22-8-7-17(33)28-15-5-1-2-6-16(15)29-19-14(21(23,24)25)10-26-20(30-19)27-13-4-3-9-31(11-13)18(34)12-32/h1-2,5-6,10,13,32H,3-4,7-9,11-12H2,(H,28,33)(H2,26,27,29,30)/t13-/m0/s1. The fourth-order valence-electron chi connectivity index (χ4n) is 3.49. The number of alkyl halides is 4. The van der Waals surface area contributed by atoms with Crippen LogP contribution in [0, 0.1) is 0 Å². The van der Waals surface area contributed by atoms with Crippen molar-refractivity contribution in [2.24, 2.45) is 0 Å². The van der Waals surface area contributed by atoms with Crippen LogP contribution in [-0.2, 0) is 15.8 Å². The van der Waals surface area contributed by atoms with Gasteiger partial charge in [-0.15, -0.1) is 11.6 Å². The van der Waals surface area contributed by atoms with Gasteiger partial charge >= 0.3 is 6.18 Å². The molecule has 1 aromatic heterocycles. The van der Waals surface area contributed by atoms with E-state index < -0.39 is 30.1 Å². The summed E-state index contributed by atoms with van der Waals surface area (Å²) in [6, 6.07) is 5.97. The molecule has 0 spiro atoms. The summed E-state index contributed by atoms with van der Waals surface area (Å²) >= 11 is 5.58. The van der Waals surface area contributed by atoms with Crippen LogP contribution in [0.4, 0.5) is 36.3 Å². The third-order valence-corrected chi connectivity index (χ3v) is 5.30. The Hall–Kier alpha value is -3.12. The number of nitrogens with zero attached hydrogens (tertiary/aromatic N) is 3. The van der Waals surface area contributed by atoms with Gasteiger partial charge in [-0.3, -0.25) is 9.59 Å². The monoisotopic (exact) mass is 500 g/mol. The molecular formula is C21H24ClF3N6O3. The maximum absolute atomic E-state index is 13.6. The van der Waals surface area contributed by atoms with Crippen molar-refractivity contribution < 1.29 is 27.9 Å². The van der Waals surface area contributed by atoms with Crippen LogP contribution in [0.5, 0.6) is 0 Å². The first-order chi connectivity index (χ1) is 16.2. The summed E-state index contributed by atoms with van der Waals surface area (Å²) in [5.41, 5.74) is -0.608. The number of piperidine rings is 1. The quantitative estimate of drug-likeness (QED) is 0.411. The number of hydrogen-bond acceptors (Lipinski definition) is 7. The molecule has 0 aliphatic carbocycles. The Labute approximate surface area is 198 Å². The summed E-state index contributed by atoms with van der Waals surface area (Å²) in [6.45, 7) is 0.144. The lowest BCUT2D eigenvalue weighted by atomic mass is 10.1. The van der Waals surface area contributed by atoms with Crippen LogP contribution in [0.2, 0.25) is 0 Å². The van der Waals surface area contributed by atoms with E-state index in [-0.39, 0.29) is 48.1 Å². The molecule has 0 radical (unpaired) electrons. The molecule has 184 valence electrons. The van der Waals surface area contributed by atoms with E-state index in [2.05, 4.69) is 25.9 Å². The smallest absolute Gasteiger partial charge is 0.387 e. The van der Waals surface area contributed by atoms with Crippen molar-refractivity contribution in [1.29, 1.82) is 0 Å². The molecular weight excluding hydrogens is 477 g/mol. The average molecular weight is 501 g/mol. The number of likely N-dealkylation sites (tertiary alicyclic amines) is 1. The number of rotatable bonds is 8. The van der Waals surface area contributed by atoms with Crippen LogP contribution >= 0.6 is 11.6 Å². The minimum Gasteiger partial charge on any atom is -0.387 e. The van der Waals surface area contributed by atoms with Crippen molar-refractivity contribution in [3.05, 3.63) is 36.0 Å². The highest BCUT2D eigenvalue weighted by Crippen LogP contribution is 2.36. The predicted octanol–water partition coefficient (Wildman–Crippen LogP) is 3.20. The van der Waals surface area contributed by atoms with Crippen LogP contribution in [0.15, 0.2) is 30.5 Å². The molecule has 34 heavy (non-hydrogen) atoms. The molecule has 2 aromatic rings. The van der Waals surface area contributed by atoms with Gasteiger partial charge in [-0.1, -0.05) is 12.1 Å². The van der Waals surface area contributed by atoms with E-state index in [1.54, 1.807) is 12.1 Å². The minimum absolute atomic E-state index is 0.0441. The van der Waals surface area contributed by atoms with Crippen molar-refractivity contribution >= 4 is 46.6 Å². The molecule has 3 rings (SSSR count). The number of halogens is 4. The van der Waals surface area contributed by atoms with Gasteiger partial charge in [0.1, 0.15) is 18.0 Å². The second-order valence-electron chi connectivity index (χ2n) is 7.59. The lowest BCUT2D eigenvalue weighted by molar-refractivity contribution is -0.137. The molecule has 13 heteroatoms. The zero-order chi connectivity index (χ0) is 24.7. The number of aliphatic hydroxyl groups excluding tert-OH is 1.